The summed E-state index contributed by atoms with van der Waals surface area (Å²) in [6.07, 6.45) is 1.36. The molecule has 0 spiro atoms. The Morgan fingerprint density at radius 2 is 1.94 bits per heavy atom. The normalized spacial score (nSPS) is 17.4. The Labute approximate surface area is 193 Å². The van der Waals surface area contributed by atoms with E-state index in [0.29, 0.717) is 23.5 Å². The van der Waals surface area contributed by atoms with E-state index in [2.05, 4.69) is 5.32 Å². The molecular weight excluding hydrogens is 448 g/mol. The van der Waals surface area contributed by atoms with Crippen molar-refractivity contribution in [2.45, 2.75) is 39.7 Å². The van der Waals surface area contributed by atoms with E-state index < -0.39 is 15.8 Å². The van der Waals surface area contributed by atoms with Gasteiger partial charge in [0, 0.05) is 10.9 Å². The van der Waals surface area contributed by atoms with Gasteiger partial charge in [0.05, 0.1) is 30.2 Å². The maximum absolute atomic E-state index is 13.0. The predicted molar refractivity (Wildman–Crippen MR) is 128 cm³/mol. The zero-order valence-electron chi connectivity index (χ0n) is 18.7. The van der Waals surface area contributed by atoms with E-state index in [-0.39, 0.29) is 36.6 Å². The zero-order valence-corrected chi connectivity index (χ0v) is 20.4. The smallest absolute Gasteiger partial charge is 0.341 e. The summed E-state index contributed by atoms with van der Waals surface area (Å²) >= 11 is 1.35. The summed E-state index contributed by atoms with van der Waals surface area (Å²) < 4.78 is 29.1. The molecule has 1 atom stereocenters. The number of nitrogens with one attached hydrogen (secondary N) is 1. The molecule has 2 heterocycles. The quantitative estimate of drug-likeness (QED) is 0.552. The van der Waals surface area contributed by atoms with Crippen LogP contribution >= 0.6 is 11.3 Å². The van der Waals surface area contributed by atoms with E-state index in [1.165, 1.54) is 11.3 Å². The second kappa shape index (κ2) is 10.6. The number of nitrogens with zero attached hydrogens (tertiary/aromatic N) is 1. The monoisotopic (exact) mass is 478 g/mol. The van der Waals surface area contributed by atoms with E-state index in [1.807, 2.05) is 49.1 Å². The molecule has 1 unspecified atom stereocenters. The van der Waals surface area contributed by atoms with Crippen molar-refractivity contribution in [3.8, 4) is 10.4 Å². The van der Waals surface area contributed by atoms with Crippen LogP contribution in [-0.4, -0.2) is 62.4 Å². The summed E-state index contributed by atoms with van der Waals surface area (Å²) in [6.45, 7) is 6.55. The third-order valence-corrected chi connectivity index (χ3v) is 8.50. The van der Waals surface area contributed by atoms with Gasteiger partial charge in [-0.05, 0) is 44.4 Å². The van der Waals surface area contributed by atoms with Crippen molar-refractivity contribution in [3.63, 3.8) is 0 Å². The largest absolute Gasteiger partial charge is 0.462 e. The molecule has 0 bridgehead atoms. The first-order valence-electron chi connectivity index (χ1n) is 10.9. The molecule has 7 nitrogen and oxygen atoms in total. The van der Waals surface area contributed by atoms with Crippen LogP contribution in [0.15, 0.2) is 30.3 Å². The molecule has 1 aromatic carbocycles. The number of hydrogen-bond acceptors (Lipinski definition) is 7. The van der Waals surface area contributed by atoms with Crippen LogP contribution < -0.4 is 5.32 Å². The summed E-state index contributed by atoms with van der Waals surface area (Å²) in [5.74, 6) is -0.484. The highest BCUT2D eigenvalue weighted by molar-refractivity contribution is 7.91. The number of sulfone groups is 1. The minimum absolute atomic E-state index is 0.0773. The van der Waals surface area contributed by atoms with Crippen LogP contribution in [0.1, 0.15) is 42.6 Å². The number of anilines is 1. The van der Waals surface area contributed by atoms with E-state index in [4.69, 9.17) is 4.74 Å². The molecular formula is C23H30N2O5S2. The molecule has 1 aromatic heterocycles. The number of esters is 1. The van der Waals surface area contributed by atoms with Crippen LogP contribution in [0.5, 0.6) is 0 Å². The van der Waals surface area contributed by atoms with E-state index in [9.17, 15) is 18.0 Å². The fourth-order valence-corrected chi connectivity index (χ4v) is 6.99. The first-order chi connectivity index (χ1) is 15.3. The lowest BCUT2D eigenvalue weighted by molar-refractivity contribution is -0.117. The predicted octanol–water partition coefficient (Wildman–Crippen LogP) is 3.74. The molecule has 1 fully saturated rings. The highest BCUT2D eigenvalue weighted by Gasteiger charge is 2.33. The average molecular weight is 479 g/mol. The maximum Gasteiger partial charge on any atom is 0.341 e. The molecule has 2 aromatic rings. The standard InChI is InChI=1S/C23H30N2O5S2/c1-4-12-25(18-11-13-32(28,29)15-18)14-19(26)24-22-20(23(27)30-5-2)16(3)21(31-22)17-9-7-6-8-10-17/h6-10,18H,4-5,11-15H2,1-3H3,(H,24,26). The second-order valence-electron chi connectivity index (χ2n) is 7.92. The van der Waals surface area contributed by atoms with Crippen LogP contribution in [0.4, 0.5) is 5.00 Å². The number of carbonyl (C=O) groups is 2. The molecule has 1 N–H and O–H groups in total. The molecule has 3 rings (SSSR count). The highest BCUT2D eigenvalue weighted by Crippen LogP contribution is 2.40. The molecule has 1 aliphatic heterocycles. The van der Waals surface area contributed by atoms with Crippen molar-refractivity contribution < 1.29 is 22.7 Å². The summed E-state index contributed by atoms with van der Waals surface area (Å²) in [7, 11) is -3.04. The number of rotatable bonds is 9. The van der Waals surface area contributed by atoms with Crippen LogP contribution in [0.2, 0.25) is 0 Å². The van der Waals surface area contributed by atoms with Crippen LogP contribution in [0, 0.1) is 6.92 Å². The third-order valence-electron chi connectivity index (χ3n) is 5.50. The molecule has 1 amide bonds. The maximum atomic E-state index is 13.0. The first-order valence-corrected chi connectivity index (χ1v) is 13.5. The van der Waals surface area contributed by atoms with Crippen molar-refractivity contribution in [2.24, 2.45) is 0 Å². The van der Waals surface area contributed by atoms with Gasteiger partial charge in [0.15, 0.2) is 9.84 Å². The van der Waals surface area contributed by atoms with Crippen LogP contribution in [0.25, 0.3) is 10.4 Å². The lowest BCUT2D eigenvalue weighted by Gasteiger charge is -2.26. The molecule has 0 saturated carbocycles. The van der Waals surface area contributed by atoms with Gasteiger partial charge in [-0.2, -0.15) is 0 Å². The lowest BCUT2D eigenvalue weighted by atomic mass is 10.1. The van der Waals surface area contributed by atoms with Crippen LogP contribution in [0.3, 0.4) is 0 Å². The molecule has 0 radical (unpaired) electrons. The molecule has 9 heteroatoms. The lowest BCUT2D eigenvalue weighted by Crippen LogP contribution is -2.42. The number of thiophene rings is 1. The average Bonchev–Trinajstić information content (AvgIpc) is 3.27. The van der Waals surface area contributed by atoms with E-state index in [0.717, 1.165) is 22.4 Å². The molecule has 174 valence electrons. The summed E-state index contributed by atoms with van der Waals surface area (Å²) in [5, 5.41) is 3.36. The Morgan fingerprint density at radius 1 is 1.22 bits per heavy atom. The first kappa shape index (κ1) is 24.4. The fourth-order valence-electron chi connectivity index (χ4n) is 4.01. The van der Waals surface area contributed by atoms with Crippen molar-refractivity contribution in [1.82, 2.24) is 4.90 Å². The highest BCUT2D eigenvalue weighted by atomic mass is 32.2. The minimum atomic E-state index is -3.04. The van der Waals surface area contributed by atoms with Gasteiger partial charge in [0.25, 0.3) is 0 Å². The van der Waals surface area contributed by atoms with Gasteiger partial charge in [-0.25, -0.2) is 13.2 Å². The number of ether oxygens (including phenoxy) is 1. The topological polar surface area (TPSA) is 92.8 Å². The van der Waals surface area contributed by atoms with Gasteiger partial charge < -0.3 is 10.1 Å². The van der Waals surface area contributed by atoms with Crippen molar-refractivity contribution in [1.29, 1.82) is 0 Å². The van der Waals surface area contributed by atoms with Crippen molar-refractivity contribution in [2.75, 3.05) is 36.5 Å². The van der Waals surface area contributed by atoms with E-state index >= 15 is 0 Å². The van der Waals surface area contributed by atoms with Gasteiger partial charge in [0.1, 0.15) is 5.00 Å². The Bertz CT molecular complexity index is 1060. The SMILES string of the molecule is CCCN(CC(=O)Nc1sc(-c2ccccc2)c(C)c1C(=O)OCC)C1CCS(=O)(=O)C1. The number of benzene rings is 1. The number of carbonyl (C=O) groups excluding carboxylic acids is 2. The van der Waals surface area contributed by atoms with Gasteiger partial charge >= 0.3 is 5.97 Å². The van der Waals surface area contributed by atoms with E-state index in [1.54, 1.807) is 6.92 Å². The number of hydrogen-bond donors (Lipinski definition) is 1. The van der Waals surface area contributed by atoms with Gasteiger partial charge in [0.2, 0.25) is 5.91 Å². The Kier molecular flexibility index (Phi) is 8.08. The van der Waals surface area contributed by atoms with Gasteiger partial charge in [-0.1, -0.05) is 37.3 Å². The molecule has 0 aliphatic carbocycles. The Morgan fingerprint density at radius 3 is 2.53 bits per heavy atom. The minimum Gasteiger partial charge on any atom is -0.462 e. The third kappa shape index (κ3) is 5.76. The Balaban J connectivity index is 1.84. The summed E-state index contributed by atoms with van der Waals surface area (Å²) in [4.78, 5) is 28.5. The van der Waals surface area contributed by atoms with Crippen LogP contribution in [-0.2, 0) is 19.4 Å². The van der Waals surface area contributed by atoms with Crippen molar-refractivity contribution in [3.05, 3.63) is 41.5 Å². The fraction of sp³-hybridized carbons (Fsp3) is 0.478. The summed E-state index contributed by atoms with van der Waals surface area (Å²) in [5.41, 5.74) is 2.10. The molecule has 1 aliphatic rings. The number of amides is 1. The van der Waals surface area contributed by atoms with Gasteiger partial charge in [-0.15, -0.1) is 11.3 Å². The van der Waals surface area contributed by atoms with Gasteiger partial charge in [-0.3, -0.25) is 9.69 Å². The summed E-state index contributed by atoms with van der Waals surface area (Å²) in [6, 6.07) is 9.54. The molecule has 32 heavy (non-hydrogen) atoms. The zero-order chi connectivity index (χ0) is 23.3. The Hall–Kier alpha value is -2.23. The molecule has 1 saturated heterocycles. The second-order valence-corrected chi connectivity index (χ2v) is 11.2. The van der Waals surface area contributed by atoms with Crippen molar-refractivity contribution >= 4 is 38.1 Å².